The van der Waals surface area contributed by atoms with E-state index in [1.54, 1.807) is 0 Å². The Hall–Kier alpha value is -2.38. The minimum absolute atomic E-state index is 0.157. The Bertz CT molecular complexity index is 519. The summed E-state index contributed by atoms with van der Waals surface area (Å²) >= 11 is 0. The molecule has 0 aliphatic heterocycles. The zero-order valence-corrected chi connectivity index (χ0v) is 12.2. The highest BCUT2D eigenvalue weighted by atomic mass is 16.6. The van der Waals surface area contributed by atoms with Gasteiger partial charge in [0.05, 0.1) is 9.85 Å². The maximum Gasteiger partial charge on any atom is 0.294 e. The molecule has 8 nitrogen and oxygen atoms in total. The van der Waals surface area contributed by atoms with Crippen LogP contribution >= 0.6 is 0 Å². The van der Waals surface area contributed by atoms with E-state index in [0.717, 1.165) is 19.3 Å². The molecule has 0 fully saturated rings. The molecule has 2 N–H and O–H groups in total. The van der Waals surface area contributed by atoms with Crippen LogP contribution in [0.1, 0.15) is 33.1 Å². The molecule has 0 spiro atoms. The van der Waals surface area contributed by atoms with Gasteiger partial charge in [0.1, 0.15) is 11.4 Å². The first-order valence-corrected chi connectivity index (χ1v) is 6.95. The average Bonchev–Trinajstić information content (AvgIpc) is 2.45. The zero-order chi connectivity index (χ0) is 15.8. The monoisotopic (exact) mass is 296 g/mol. The molecule has 0 radical (unpaired) electrons. The standard InChI is InChI=1S/C13H20N4O4/c1-3-5-7-15-11-9-12(16(18)19)10(14-6-4-2)8-13(11)17(20)21/h8-9,14-15H,3-7H2,1-2H3. The minimum Gasteiger partial charge on any atom is -0.379 e. The lowest BCUT2D eigenvalue weighted by Gasteiger charge is -2.10. The third kappa shape index (κ3) is 4.59. The summed E-state index contributed by atoms with van der Waals surface area (Å²) in [4.78, 5) is 21.2. The van der Waals surface area contributed by atoms with Crippen LogP contribution in [0.3, 0.4) is 0 Å². The van der Waals surface area contributed by atoms with Gasteiger partial charge in [-0.15, -0.1) is 0 Å². The normalized spacial score (nSPS) is 10.2. The van der Waals surface area contributed by atoms with Crippen LogP contribution in [0.2, 0.25) is 0 Å². The number of nitrogens with zero attached hydrogens (tertiary/aromatic N) is 2. The molecule has 1 aromatic rings. The molecule has 0 aromatic heterocycles. The molecule has 0 bridgehead atoms. The molecule has 116 valence electrons. The number of hydrogen-bond donors (Lipinski definition) is 2. The summed E-state index contributed by atoms with van der Waals surface area (Å²) in [5.74, 6) is 0. The van der Waals surface area contributed by atoms with E-state index in [4.69, 9.17) is 0 Å². The van der Waals surface area contributed by atoms with Crippen LogP contribution < -0.4 is 10.6 Å². The second-order valence-electron chi connectivity index (χ2n) is 4.61. The van der Waals surface area contributed by atoms with Crippen molar-refractivity contribution in [1.82, 2.24) is 0 Å². The van der Waals surface area contributed by atoms with E-state index in [-0.39, 0.29) is 22.7 Å². The fourth-order valence-electron chi connectivity index (χ4n) is 1.82. The van der Waals surface area contributed by atoms with Crippen molar-refractivity contribution >= 4 is 22.7 Å². The number of nitrogens with one attached hydrogen (secondary N) is 2. The summed E-state index contributed by atoms with van der Waals surface area (Å²) in [5.41, 5.74) is 0.0418. The molecule has 0 saturated carbocycles. The summed E-state index contributed by atoms with van der Waals surface area (Å²) in [6.45, 7) is 4.96. The Morgan fingerprint density at radius 3 is 1.76 bits per heavy atom. The van der Waals surface area contributed by atoms with E-state index in [1.165, 1.54) is 12.1 Å². The van der Waals surface area contributed by atoms with Crippen LogP contribution in [0.25, 0.3) is 0 Å². The molecule has 0 saturated heterocycles. The van der Waals surface area contributed by atoms with Crippen molar-refractivity contribution in [3.05, 3.63) is 32.4 Å². The lowest BCUT2D eigenvalue weighted by atomic mass is 10.2. The third-order valence-electron chi connectivity index (χ3n) is 2.92. The van der Waals surface area contributed by atoms with Crippen LogP contribution in [0, 0.1) is 20.2 Å². The van der Waals surface area contributed by atoms with Crippen LogP contribution in [0.4, 0.5) is 22.7 Å². The average molecular weight is 296 g/mol. The molecule has 0 heterocycles. The highest BCUT2D eigenvalue weighted by Crippen LogP contribution is 2.36. The fraction of sp³-hybridized carbons (Fsp3) is 0.538. The number of benzene rings is 1. The second kappa shape index (κ2) is 8.03. The Morgan fingerprint density at radius 1 is 0.905 bits per heavy atom. The van der Waals surface area contributed by atoms with Crippen molar-refractivity contribution in [3.8, 4) is 0 Å². The van der Waals surface area contributed by atoms with Crippen molar-refractivity contribution in [2.24, 2.45) is 0 Å². The molecule has 0 aliphatic rings. The van der Waals surface area contributed by atoms with Crippen molar-refractivity contribution in [1.29, 1.82) is 0 Å². The van der Waals surface area contributed by atoms with Crippen molar-refractivity contribution < 1.29 is 9.85 Å². The molecule has 21 heavy (non-hydrogen) atoms. The molecule has 0 unspecified atom stereocenters. The largest absolute Gasteiger partial charge is 0.379 e. The Kier molecular flexibility index (Phi) is 6.38. The molecule has 0 atom stereocenters. The van der Waals surface area contributed by atoms with Crippen LogP contribution in [-0.4, -0.2) is 22.9 Å². The van der Waals surface area contributed by atoms with Crippen molar-refractivity contribution in [2.45, 2.75) is 33.1 Å². The summed E-state index contributed by atoms with van der Waals surface area (Å²) in [6, 6.07) is 2.45. The number of nitro groups is 2. The third-order valence-corrected chi connectivity index (χ3v) is 2.92. The summed E-state index contributed by atoms with van der Waals surface area (Å²) < 4.78 is 0. The maximum atomic E-state index is 11.1. The van der Waals surface area contributed by atoms with Gasteiger partial charge in [-0.25, -0.2) is 0 Å². The predicted octanol–water partition coefficient (Wildman–Crippen LogP) is 3.54. The number of rotatable bonds is 9. The van der Waals surface area contributed by atoms with Gasteiger partial charge >= 0.3 is 0 Å². The van der Waals surface area contributed by atoms with Gasteiger partial charge in [-0.3, -0.25) is 20.2 Å². The van der Waals surface area contributed by atoms with Crippen LogP contribution in [0.15, 0.2) is 12.1 Å². The van der Waals surface area contributed by atoms with Crippen LogP contribution in [-0.2, 0) is 0 Å². The van der Waals surface area contributed by atoms with Gasteiger partial charge in [-0.1, -0.05) is 20.3 Å². The predicted molar refractivity (Wildman–Crippen MR) is 81.9 cm³/mol. The van der Waals surface area contributed by atoms with Gasteiger partial charge in [0, 0.05) is 25.2 Å². The van der Waals surface area contributed by atoms with Gasteiger partial charge in [0.2, 0.25) is 0 Å². The van der Waals surface area contributed by atoms with E-state index < -0.39 is 9.85 Å². The molecule has 0 aliphatic carbocycles. The molecule has 1 rings (SSSR count). The van der Waals surface area contributed by atoms with E-state index in [9.17, 15) is 20.2 Å². The minimum atomic E-state index is -0.535. The highest BCUT2D eigenvalue weighted by Gasteiger charge is 2.23. The first-order chi connectivity index (χ1) is 10.0. The smallest absolute Gasteiger partial charge is 0.294 e. The number of nitro benzene ring substituents is 2. The molecule has 0 amide bonds. The lowest BCUT2D eigenvalue weighted by Crippen LogP contribution is -2.08. The first-order valence-electron chi connectivity index (χ1n) is 6.95. The quantitative estimate of drug-likeness (QED) is 0.409. The number of hydrogen-bond acceptors (Lipinski definition) is 6. The molecule has 8 heteroatoms. The van der Waals surface area contributed by atoms with Gasteiger partial charge in [-0.05, 0) is 12.8 Å². The SMILES string of the molecule is CCCCNc1cc([N+](=O)[O-])c(NCCC)cc1[N+](=O)[O-]. The Morgan fingerprint density at radius 2 is 1.38 bits per heavy atom. The van der Waals surface area contributed by atoms with Crippen molar-refractivity contribution in [3.63, 3.8) is 0 Å². The van der Waals surface area contributed by atoms with Gasteiger partial charge in [0.25, 0.3) is 11.4 Å². The van der Waals surface area contributed by atoms with Gasteiger partial charge in [0.15, 0.2) is 0 Å². The summed E-state index contributed by atoms with van der Waals surface area (Å²) in [7, 11) is 0. The Labute approximate surface area is 122 Å². The summed E-state index contributed by atoms with van der Waals surface area (Å²) in [5, 5.41) is 28.0. The number of unbranched alkanes of at least 4 members (excludes halogenated alkanes) is 1. The topological polar surface area (TPSA) is 110 Å². The van der Waals surface area contributed by atoms with Crippen LogP contribution in [0.5, 0.6) is 0 Å². The fourth-order valence-corrected chi connectivity index (χ4v) is 1.82. The lowest BCUT2D eigenvalue weighted by molar-refractivity contribution is -0.387. The molecule has 1 aromatic carbocycles. The van der Waals surface area contributed by atoms with Gasteiger partial charge < -0.3 is 10.6 Å². The van der Waals surface area contributed by atoms with E-state index in [1.807, 2.05) is 13.8 Å². The highest BCUT2D eigenvalue weighted by molar-refractivity contribution is 5.76. The van der Waals surface area contributed by atoms with Crippen molar-refractivity contribution in [2.75, 3.05) is 23.7 Å². The van der Waals surface area contributed by atoms with E-state index in [0.29, 0.717) is 13.1 Å². The summed E-state index contributed by atoms with van der Waals surface area (Å²) in [6.07, 6.45) is 2.53. The Balaban J connectivity index is 3.19. The first kappa shape index (κ1) is 16.7. The van der Waals surface area contributed by atoms with E-state index >= 15 is 0 Å². The van der Waals surface area contributed by atoms with Gasteiger partial charge in [-0.2, -0.15) is 0 Å². The molecular formula is C13H20N4O4. The zero-order valence-electron chi connectivity index (χ0n) is 12.2. The molecular weight excluding hydrogens is 276 g/mol. The van der Waals surface area contributed by atoms with E-state index in [2.05, 4.69) is 10.6 Å². The second-order valence-corrected chi connectivity index (χ2v) is 4.61. The maximum absolute atomic E-state index is 11.1. The number of anilines is 2.